The molecule has 90 valence electrons. The highest BCUT2D eigenvalue weighted by Gasteiger charge is 2.09. The fraction of sp³-hybridized carbons (Fsp3) is 0.182. The second kappa shape index (κ2) is 4.91. The maximum Gasteiger partial charge on any atom is 0.157 e. The average molecular weight is 347 g/mol. The van der Waals surface area contributed by atoms with Crippen LogP contribution >= 0.6 is 22.6 Å². The lowest BCUT2D eigenvalue weighted by Gasteiger charge is -2.06. The van der Waals surface area contributed by atoms with Gasteiger partial charge in [-0.25, -0.2) is 9.07 Å². The lowest BCUT2D eigenvalue weighted by molar-refractivity contribution is 0.340. The second-order valence-corrected chi connectivity index (χ2v) is 4.54. The summed E-state index contributed by atoms with van der Waals surface area (Å²) in [5.41, 5.74) is 6.81. The lowest BCUT2D eigenvalue weighted by Crippen LogP contribution is -2.02. The minimum absolute atomic E-state index is 0.316. The highest BCUT2D eigenvalue weighted by Crippen LogP contribution is 2.24. The van der Waals surface area contributed by atoms with Crippen molar-refractivity contribution in [2.45, 2.75) is 6.92 Å². The Bertz CT molecular complexity index is 542. The van der Waals surface area contributed by atoms with E-state index in [1.165, 1.54) is 10.7 Å². The fourth-order valence-corrected chi connectivity index (χ4v) is 1.92. The molecule has 0 saturated heterocycles. The maximum atomic E-state index is 13.5. The van der Waals surface area contributed by atoms with Gasteiger partial charge in [0, 0.05) is 6.07 Å². The first kappa shape index (κ1) is 12.2. The summed E-state index contributed by atoms with van der Waals surface area (Å²) in [6.07, 6.45) is 3.24. The van der Waals surface area contributed by atoms with Gasteiger partial charge in [-0.15, -0.1) is 0 Å². The molecule has 0 unspecified atom stereocenters. The normalized spacial score (nSPS) is 10.5. The van der Waals surface area contributed by atoms with Gasteiger partial charge in [0.2, 0.25) is 0 Å². The molecule has 1 aromatic heterocycles. The molecule has 0 saturated carbocycles. The summed E-state index contributed by atoms with van der Waals surface area (Å²) in [7, 11) is 0. The van der Waals surface area contributed by atoms with Crippen LogP contribution in [0.2, 0.25) is 0 Å². The number of benzene rings is 1. The molecular formula is C11H11FIN3O. The van der Waals surface area contributed by atoms with Crippen LogP contribution < -0.4 is 10.5 Å². The van der Waals surface area contributed by atoms with Crippen molar-refractivity contribution in [3.8, 4) is 11.4 Å². The maximum absolute atomic E-state index is 13.5. The Morgan fingerprint density at radius 2 is 2.29 bits per heavy atom. The molecule has 4 nitrogen and oxygen atoms in total. The number of nitrogens with two attached hydrogens (primary N) is 1. The Balaban J connectivity index is 2.41. The van der Waals surface area contributed by atoms with E-state index >= 15 is 0 Å². The number of aromatic nitrogens is 2. The van der Waals surface area contributed by atoms with E-state index in [4.69, 9.17) is 10.5 Å². The van der Waals surface area contributed by atoms with Gasteiger partial charge in [0.15, 0.2) is 5.75 Å². The summed E-state index contributed by atoms with van der Waals surface area (Å²) in [5.74, 6) is 0.314. The van der Waals surface area contributed by atoms with Gasteiger partial charge in [0.25, 0.3) is 0 Å². The highest BCUT2D eigenvalue weighted by molar-refractivity contribution is 14.1. The molecule has 2 aromatic rings. The van der Waals surface area contributed by atoms with Gasteiger partial charge in [-0.1, -0.05) is 0 Å². The predicted molar refractivity (Wildman–Crippen MR) is 71.8 cm³/mol. The van der Waals surface area contributed by atoms with Crippen LogP contribution in [0.25, 0.3) is 5.69 Å². The van der Waals surface area contributed by atoms with Crippen molar-refractivity contribution in [2.24, 2.45) is 0 Å². The Morgan fingerprint density at radius 3 is 3.00 bits per heavy atom. The van der Waals surface area contributed by atoms with Crippen LogP contribution in [0, 0.1) is 9.39 Å². The van der Waals surface area contributed by atoms with Crippen molar-refractivity contribution in [3.05, 3.63) is 33.9 Å². The molecule has 2 N–H and O–H groups in total. The van der Waals surface area contributed by atoms with E-state index in [-0.39, 0.29) is 5.82 Å². The molecule has 0 atom stereocenters. The van der Waals surface area contributed by atoms with E-state index < -0.39 is 0 Å². The predicted octanol–water partition coefficient (Wildman–Crippen LogP) is 2.60. The number of halogens is 2. The van der Waals surface area contributed by atoms with Gasteiger partial charge < -0.3 is 10.5 Å². The molecule has 1 aromatic carbocycles. The van der Waals surface area contributed by atoms with Crippen molar-refractivity contribution in [3.63, 3.8) is 0 Å². The summed E-state index contributed by atoms with van der Waals surface area (Å²) >= 11 is 1.90. The van der Waals surface area contributed by atoms with Gasteiger partial charge in [0.05, 0.1) is 33.9 Å². The topological polar surface area (TPSA) is 53.1 Å². The zero-order valence-corrected chi connectivity index (χ0v) is 11.3. The van der Waals surface area contributed by atoms with Crippen LogP contribution in [0.5, 0.6) is 5.75 Å². The second-order valence-electron chi connectivity index (χ2n) is 3.38. The molecule has 0 radical (unpaired) electrons. The van der Waals surface area contributed by atoms with Crippen molar-refractivity contribution in [2.75, 3.05) is 12.3 Å². The number of nitrogen functional groups attached to an aromatic ring is 1. The Hall–Kier alpha value is -1.31. The Morgan fingerprint density at radius 1 is 1.53 bits per heavy atom. The van der Waals surface area contributed by atoms with Crippen molar-refractivity contribution in [1.29, 1.82) is 0 Å². The molecule has 0 bridgehead atoms. The van der Waals surface area contributed by atoms with Gasteiger partial charge in [-0.05, 0) is 35.6 Å². The number of rotatable bonds is 3. The van der Waals surface area contributed by atoms with E-state index in [1.54, 1.807) is 18.5 Å². The monoisotopic (exact) mass is 347 g/mol. The average Bonchev–Trinajstić information content (AvgIpc) is 2.72. The lowest BCUT2D eigenvalue weighted by atomic mass is 10.2. The summed E-state index contributed by atoms with van der Waals surface area (Å²) in [6.45, 7) is 2.44. The third kappa shape index (κ3) is 2.51. The van der Waals surface area contributed by atoms with Crippen LogP contribution in [0.4, 0.5) is 10.1 Å². The van der Waals surface area contributed by atoms with Gasteiger partial charge >= 0.3 is 0 Å². The molecule has 0 spiro atoms. The first-order chi connectivity index (χ1) is 8.11. The molecule has 0 aliphatic carbocycles. The molecule has 6 heteroatoms. The van der Waals surface area contributed by atoms with Gasteiger partial charge in [0.1, 0.15) is 5.82 Å². The van der Waals surface area contributed by atoms with E-state index in [0.717, 1.165) is 0 Å². The van der Waals surface area contributed by atoms with Crippen molar-refractivity contribution >= 4 is 28.3 Å². The van der Waals surface area contributed by atoms with Gasteiger partial charge in [-0.2, -0.15) is 5.10 Å². The molecule has 0 amide bonds. The van der Waals surface area contributed by atoms with Crippen molar-refractivity contribution in [1.82, 2.24) is 9.78 Å². The number of hydrogen-bond donors (Lipinski definition) is 1. The molecule has 2 rings (SSSR count). The van der Waals surface area contributed by atoms with Crippen LogP contribution in [0.1, 0.15) is 6.92 Å². The van der Waals surface area contributed by atoms with Crippen LogP contribution in [-0.2, 0) is 0 Å². The zero-order valence-electron chi connectivity index (χ0n) is 9.15. The minimum atomic E-state index is -0.316. The number of hydrogen-bond acceptors (Lipinski definition) is 3. The third-order valence-corrected chi connectivity index (χ3v) is 3.01. The minimum Gasteiger partial charge on any atom is -0.491 e. The SMILES string of the molecule is CCOc1cnn(-c2cc(F)c(I)cc2N)c1. The Labute approximate surface area is 112 Å². The smallest absolute Gasteiger partial charge is 0.157 e. The van der Waals surface area contributed by atoms with Gasteiger partial charge in [-0.3, -0.25) is 0 Å². The third-order valence-electron chi connectivity index (χ3n) is 2.19. The molecule has 1 heterocycles. The summed E-state index contributed by atoms with van der Waals surface area (Å²) in [5, 5.41) is 4.08. The summed E-state index contributed by atoms with van der Waals surface area (Å²) in [6, 6.07) is 2.94. The standard InChI is InChI=1S/C11H11FIN3O/c1-2-17-7-5-15-16(6-7)11-3-8(12)9(13)4-10(11)14/h3-6H,2,14H2,1H3. The van der Waals surface area contributed by atoms with E-state index in [0.29, 0.717) is 27.3 Å². The molecule has 17 heavy (non-hydrogen) atoms. The van der Waals surface area contributed by atoms with E-state index in [1.807, 2.05) is 29.5 Å². The first-order valence-corrected chi connectivity index (χ1v) is 6.12. The molecule has 0 aliphatic heterocycles. The number of nitrogens with zero attached hydrogens (tertiary/aromatic N) is 2. The quantitative estimate of drug-likeness (QED) is 0.686. The van der Waals surface area contributed by atoms with Crippen LogP contribution in [-0.4, -0.2) is 16.4 Å². The van der Waals surface area contributed by atoms with Crippen LogP contribution in [0.15, 0.2) is 24.5 Å². The summed E-state index contributed by atoms with van der Waals surface area (Å²) < 4.78 is 20.7. The zero-order chi connectivity index (χ0) is 12.4. The molecule has 0 aliphatic rings. The van der Waals surface area contributed by atoms with E-state index in [9.17, 15) is 4.39 Å². The van der Waals surface area contributed by atoms with Crippen molar-refractivity contribution < 1.29 is 9.13 Å². The first-order valence-electron chi connectivity index (χ1n) is 5.04. The number of anilines is 1. The Kier molecular flexibility index (Phi) is 3.51. The summed E-state index contributed by atoms with van der Waals surface area (Å²) in [4.78, 5) is 0. The largest absolute Gasteiger partial charge is 0.491 e. The number of ether oxygens (including phenoxy) is 1. The molecule has 0 fully saturated rings. The fourth-order valence-electron chi connectivity index (χ4n) is 1.43. The van der Waals surface area contributed by atoms with Crippen LogP contribution in [0.3, 0.4) is 0 Å². The highest BCUT2D eigenvalue weighted by atomic mass is 127. The van der Waals surface area contributed by atoms with E-state index in [2.05, 4.69) is 5.10 Å². The molecular weight excluding hydrogens is 336 g/mol.